The van der Waals surface area contributed by atoms with Crippen LogP contribution in [0.1, 0.15) is 38.8 Å². The molecule has 1 unspecified atom stereocenters. The van der Waals surface area contributed by atoms with Crippen molar-refractivity contribution in [2.24, 2.45) is 11.7 Å². The Hall–Kier alpha value is -0.940. The number of rotatable bonds is 5. The average Bonchev–Trinajstić information content (AvgIpc) is 2.66. The molecule has 16 heavy (non-hydrogen) atoms. The van der Waals surface area contributed by atoms with Crippen LogP contribution in [0.5, 0.6) is 0 Å². The Bertz CT molecular complexity index is 349. The molecule has 0 saturated heterocycles. The molecule has 0 bridgehead atoms. The van der Waals surface area contributed by atoms with E-state index < -0.39 is 0 Å². The Labute approximate surface area is 100 Å². The molecule has 1 aromatic rings. The van der Waals surface area contributed by atoms with Crippen LogP contribution in [0, 0.1) is 5.92 Å². The number of carbonyl (C=O) groups is 1. The summed E-state index contributed by atoms with van der Waals surface area (Å²) in [7, 11) is 0. The average molecular weight is 241 g/mol. The van der Waals surface area contributed by atoms with E-state index in [-0.39, 0.29) is 11.8 Å². The van der Waals surface area contributed by atoms with Gasteiger partial charge in [0.1, 0.15) is 0 Å². The highest BCUT2D eigenvalue weighted by Crippen LogP contribution is 2.21. The molecule has 0 fully saturated rings. The second kappa shape index (κ2) is 5.96. The first kappa shape index (κ1) is 13.1. The number of nitrogens with two attached hydrogens (primary N) is 1. The van der Waals surface area contributed by atoms with Crippen molar-refractivity contribution in [1.82, 2.24) is 4.98 Å². The van der Waals surface area contributed by atoms with E-state index in [2.05, 4.69) is 24.1 Å². The molecule has 0 spiro atoms. The summed E-state index contributed by atoms with van der Waals surface area (Å²) in [5.74, 6) is 0.329. The summed E-state index contributed by atoms with van der Waals surface area (Å²) in [5.41, 5.74) is 6.43. The lowest BCUT2D eigenvalue weighted by Crippen LogP contribution is -2.22. The highest BCUT2D eigenvalue weighted by Gasteiger charge is 2.14. The molecular formula is C11H19N3OS. The molecule has 90 valence electrons. The predicted octanol–water partition coefficient (Wildman–Crippen LogP) is 2.19. The summed E-state index contributed by atoms with van der Waals surface area (Å²) in [4.78, 5) is 16.0. The van der Waals surface area contributed by atoms with E-state index in [0.29, 0.717) is 24.0 Å². The molecule has 1 atom stereocenters. The maximum atomic E-state index is 11.7. The zero-order valence-corrected chi connectivity index (χ0v) is 10.8. The van der Waals surface area contributed by atoms with E-state index in [1.54, 1.807) is 0 Å². The van der Waals surface area contributed by atoms with Gasteiger partial charge in [0.2, 0.25) is 5.91 Å². The number of amides is 1. The molecule has 5 heteroatoms. The SMILES string of the molecule is CC(CCN)C(=O)Nc1nc(C(C)C)cs1. The fourth-order valence-corrected chi connectivity index (χ4v) is 2.09. The molecule has 0 aliphatic heterocycles. The van der Waals surface area contributed by atoms with Crippen LogP contribution < -0.4 is 11.1 Å². The fourth-order valence-electron chi connectivity index (χ4n) is 1.22. The Kier molecular flexibility index (Phi) is 4.89. The third-order valence-electron chi connectivity index (χ3n) is 2.39. The fraction of sp³-hybridized carbons (Fsp3) is 0.636. The zero-order valence-electron chi connectivity index (χ0n) is 9.99. The van der Waals surface area contributed by atoms with E-state index in [0.717, 1.165) is 5.69 Å². The van der Waals surface area contributed by atoms with Crippen molar-refractivity contribution in [3.8, 4) is 0 Å². The highest BCUT2D eigenvalue weighted by atomic mass is 32.1. The minimum atomic E-state index is -0.0589. The van der Waals surface area contributed by atoms with Gasteiger partial charge in [-0.1, -0.05) is 20.8 Å². The Morgan fingerprint density at radius 2 is 2.25 bits per heavy atom. The van der Waals surface area contributed by atoms with Crippen LogP contribution in [0.3, 0.4) is 0 Å². The molecule has 1 aromatic heterocycles. The van der Waals surface area contributed by atoms with Crippen LogP contribution in [0.4, 0.5) is 5.13 Å². The lowest BCUT2D eigenvalue weighted by molar-refractivity contribution is -0.119. The number of aromatic nitrogens is 1. The summed E-state index contributed by atoms with van der Waals surface area (Å²) >= 11 is 1.47. The first-order valence-corrected chi connectivity index (χ1v) is 6.39. The molecule has 1 amide bonds. The smallest absolute Gasteiger partial charge is 0.229 e. The Balaban J connectivity index is 2.56. The lowest BCUT2D eigenvalue weighted by atomic mass is 10.1. The molecule has 3 N–H and O–H groups in total. The third kappa shape index (κ3) is 3.57. The van der Waals surface area contributed by atoms with Crippen LogP contribution in [0.25, 0.3) is 0 Å². The van der Waals surface area contributed by atoms with Gasteiger partial charge in [0.15, 0.2) is 5.13 Å². The van der Waals surface area contributed by atoms with Crippen molar-refractivity contribution in [3.05, 3.63) is 11.1 Å². The van der Waals surface area contributed by atoms with Gasteiger partial charge in [-0.3, -0.25) is 4.79 Å². The summed E-state index contributed by atoms with van der Waals surface area (Å²) in [6.45, 7) is 6.57. The van der Waals surface area contributed by atoms with Gasteiger partial charge in [0.05, 0.1) is 5.69 Å². The van der Waals surface area contributed by atoms with Crippen molar-refractivity contribution >= 4 is 22.4 Å². The second-order valence-corrected chi connectivity index (χ2v) is 5.06. The van der Waals surface area contributed by atoms with Crippen molar-refractivity contribution in [2.45, 2.75) is 33.1 Å². The third-order valence-corrected chi connectivity index (χ3v) is 3.17. The largest absolute Gasteiger partial charge is 0.330 e. The van der Waals surface area contributed by atoms with E-state index in [1.807, 2.05) is 12.3 Å². The summed E-state index contributed by atoms with van der Waals surface area (Å²) in [6.07, 6.45) is 0.703. The number of hydrogen-bond acceptors (Lipinski definition) is 4. The molecule has 4 nitrogen and oxygen atoms in total. The van der Waals surface area contributed by atoms with Crippen LogP contribution in [0.15, 0.2) is 5.38 Å². The van der Waals surface area contributed by atoms with E-state index >= 15 is 0 Å². The maximum Gasteiger partial charge on any atom is 0.229 e. The molecule has 0 aliphatic rings. The monoisotopic (exact) mass is 241 g/mol. The normalized spacial score (nSPS) is 12.8. The topological polar surface area (TPSA) is 68.0 Å². The molecule has 1 rings (SSSR count). The van der Waals surface area contributed by atoms with E-state index in [1.165, 1.54) is 11.3 Å². The van der Waals surface area contributed by atoms with Crippen molar-refractivity contribution < 1.29 is 4.79 Å². The van der Waals surface area contributed by atoms with Crippen LogP contribution in [-0.4, -0.2) is 17.4 Å². The first-order valence-electron chi connectivity index (χ1n) is 5.51. The first-order chi connectivity index (χ1) is 7.54. The lowest BCUT2D eigenvalue weighted by Gasteiger charge is -2.08. The quantitative estimate of drug-likeness (QED) is 0.830. The molecular weight excluding hydrogens is 222 g/mol. The molecule has 1 heterocycles. The van der Waals surface area contributed by atoms with Gasteiger partial charge in [0.25, 0.3) is 0 Å². The Morgan fingerprint density at radius 1 is 1.56 bits per heavy atom. The van der Waals surface area contributed by atoms with Crippen molar-refractivity contribution in [1.29, 1.82) is 0 Å². The van der Waals surface area contributed by atoms with Gasteiger partial charge >= 0.3 is 0 Å². The van der Waals surface area contributed by atoms with Crippen molar-refractivity contribution in [3.63, 3.8) is 0 Å². The molecule has 0 saturated carbocycles. The minimum Gasteiger partial charge on any atom is -0.330 e. The highest BCUT2D eigenvalue weighted by molar-refractivity contribution is 7.13. The molecule has 0 radical (unpaired) electrons. The van der Waals surface area contributed by atoms with E-state index in [4.69, 9.17) is 5.73 Å². The summed E-state index contributed by atoms with van der Waals surface area (Å²) in [6, 6.07) is 0. The number of thiazole rings is 1. The summed E-state index contributed by atoms with van der Waals surface area (Å²) in [5, 5.41) is 5.47. The van der Waals surface area contributed by atoms with Crippen molar-refractivity contribution in [2.75, 3.05) is 11.9 Å². The summed E-state index contributed by atoms with van der Waals surface area (Å²) < 4.78 is 0. The number of hydrogen-bond donors (Lipinski definition) is 2. The Morgan fingerprint density at radius 3 is 2.75 bits per heavy atom. The van der Waals surface area contributed by atoms with Gasteiger partial charge in [0, 0.05) is 11.3 Å². The molecule has 0 aliphatic carbocycles. The number of nitrogens with one attached hydrogen (secondary N) is 1. The van der Waals surface area contributed by atoms with Crippen LogP contribution in [-0.2, 0) is 4.79 Å². The number of anilines is 1. The van der Waals surface area contributed by atoms with Gasteiger partial charge in [-0.05, 0) is 18.9 Å². The van der Waals surface area contributed by atoms with Gasteiger partial charge < -0.3 is 11.1 Å². The van der Waals surface area contributed by atoms with Crippen LogP contribution >= 0.6 is 11.3 Å². The minimum absolute atomic E-state index is 0.00453. The van der Waals surface area contributed by atoms with Gasteiger partial charge in [-0.25, -0.2) is 4.98 Å². The van der Waals surface area contributed by atoms with Gasteiger partial charge in [-0.2, -0.15) is 0 Å². The standard InChI is InChI=1S/C11H19N3OS/c1-7(2)9-6-16-11(13-9)14-10(15)8(3)4-5-12/h6-8H,4-5,12H2,1-3H3,(H,13,14,15). The van der Waals surface area contributed by atoms with Gasteiger partial charge in [-0.15, -0.1) is 11.3 Å². The zero-order chi connectivity index (χ0) is 12.1. The van der Waals surface area contributed by atoms with E-state index in [9.17, 15) is 4.79 Å². The number of nitrogens with zero attached hydrogens (tertiary/aromatic N) is 1. The number of carbonyl (C=O) groups excluding carboxylic acids is 1. The van der Waals surface area contributed by atoms with Crippen LogP contribution in [0.2, 0.25) is 0 Å². The maximum absolute atomic E-state index is 11.7. The second-order valence-electron chi connectivity index (χ2n) is 4.20. The molecule has 0 aromatic carbocycles. The predicted molar refractivity (Wildman–Crippen MR) is 67.7 cm³/mol.